The quantitative estimate of drug-likeness (QED) is 0.925. The lowest BCUT2D eigenvalue weighted by Crippen LogP contribution is -2.63. The van der Waals surface area contributed by atoms with E-state index in [4.69, 9.17) is 4.74 Å². The second-order valence-electron chi connectivity index (χ2n) is 7.14. The minimum atomic E-state index is -0.129. The van der Waals surface area contributed by atoms with Crippen LogP contribution in [0.2, 0.25) is 0 Å². The Balaban J connectivity index is 1.67. The third-order valence-electron chi connectivity index (χ3n) is 6.04. The summed E-state index contributed by atoms with van der Waals surface area (Å²) in [5.41, 5.74) is 0.711. The Morgan fingerprint density at radius 3 is 2.92 bits per heavy atom. The Hall–Kier alpha value is -1.89. The normalized spacial score (nSPS) is 25.3. The van der Waals surface area contributed by atoms with Gasteiger partial charge in [0.2, 0.25) is 5.95 Å². The van der Waals surface area contributed by atoms with Crippen molar-refractivity contribution in [1.82, 2.24) is 19.7 Å². The van der Waals surface area contributed by atoms with Gasteiger partial charge in [-0.1, -0.05) is 12.8 Å². The van der Waals surface area contributed by atoms with Crippen molar-refractivity contribution in [1.29, 1.82) is 0 Å². The van der Waals surface area contributed by atoms with E-state index in [1.807, 2.05) is 14.1 Å². The van der Waals surface area contributed by atoms with E-state index < -0.39 is 0 Å². The lowest BCUT2D eigenvalue weighted by molar-refractivity contribution is -0.121. The van der Waals surface area contributed by atoms with E-state index in [0.717, 1.165) is 13.0 Å². The summed E-state index contributed by atoms with van der Waals surface area (Å²) in [5, 5.41) is 4.67. The summed E-state index contributed by atoms with van der Waals surface area (Å²) >= 11 is 0. The van der Waals surface area contributed by atoms with Crippen LogP contribution < -0.4 is 10.5 Å². The van der Waals surface area contributed by atoms with Crippen LogP contribution in [0.25, 0.3) is 11.0 Å². The van der Waals surface area contributed by atoms with Gasteiger partial charge in [0, 0.05) is 32.2 Å². The van der Waals surface area contributed by atoms with E-state index in [1.165, 1.54) is 25.7 Å². The molecule has 4 rings (SSSR count). The van der Waals surface area contributed by atoms with Crippen LogP contribution in [-0.4, -0.2) is 45.5 Å². The van der Waals surface area contributed by atoms with Crippen LogP contribution in [0.4, 0.5) is 5.95 Å². The van der Waals surface area contributed by atoms with E-state index in [9.17, 15) is 4.79 Å². The van der Waals surface area contributed by atoms with Crippen LogP contribution in [0.5, 0.6) is 0 Å². The number of ether oxygens (including phenoxy) is 1. The Kier molecular flexibility index (Phi) is 3.63. The number of nitrogens with zero attached hydrogens (tertiary/aromatic N) is 4. The van der Waals surface area contributed by atoms with Crippen LogP contribution >= 0.6 is 0 Å². The van der Waals surface area contributed by atoms with E-state index in [0.29, 0.717) is 29.1 Å². The van der Waals surface area contributed by atoms with Gasteiger partial charge in [0.1, 0.15) is 5.39 Å². The molecule has 0 saturated heterocycles. The van der Waals surface area contributed by atoms with Crippen LogP contribution in [0.1, 0.15) is 39.0 Å². The summed E-state index contributed by atoms with van der Waals surface area (Å²) in [6.45, 7) is 2.83. The fourth-order valence-corrected chi connectivity index (χ4v) is 4.73. The molecule has 0 radical (unpaired) electrons. The molecule has 130 valence electrons. The number of hydrogen-bond acceptors (Lipinski definition) is 5. The Morgan fingerprint density at radius 1 is 1.46 bits per heavy atom. The highest BCUT2D eigenvalue weighted by Crippen LogP contribution is 2.56. The number of aromatic nitrogens is 4. The van der Waals surface area contributed by atoms with Gasteiger partial charge in [0.05, 0.1) is 12.3 Å². The van der Waals surface area contributed by atoms with E-state index in [1.54, 1.807) is 10.9 Å². The molecule has 7 nitrogen and oxygen atoms in total. The maximum absolute atomic E-state index is 12.3. The fraction of sp³-hybridized carbons (Fsp3) is 0.706. The predicted octanol–water partition coefficient (Wildman–Crippen LogP) is 1.83. The monoisotopic (exact) mass is 331 g/mol. The number of rotatable bonds is 4. The van der Waals surface area contributed by atoms with Crippen molar-refractivity contribution in [2.75, 3.05) is 18.6 Å². The van der Waals surface area contributed by atoms with Crippen molar-refractivity contribution in [3.63, 3.8) is 0 Å². The molecule has 2 aliphatic rings. The first kappa shape index (κ1) is 15.6. The molecule has 2 fully saturated rings. The highest BCUT2D eigenvalue weighted by Gasteiger charge is 2.58. The number of aryl methyl sites for hydroxylation is 1. The first-order valence-corrected chi connectivity index (χ1v) is 8.83. The van der Waals surface area contributed by atoms with Gasteiger partial charge in [-0.15, -0.1) is 0 Å². The van der Waals surface area contributed by atoms with Gasteiger partial charge >= 0.3 is 0 Å². The van der Waals surface area contributed by atoms with Gasteiger partial charge in [-0.25, -0.2) is 0 Å². The number of aromatic amines is 1. The molecular weight excluding hydrogens is 306 g/mol. The maximum atomic E-state index is 12.3. The smallest absolute Gasteiger partial charge is 0.263 e. The standard InChI is InChI=1S/C17H25N5O2/c1-4-24-13-9-12(17(13)7-5-6-8-17)21(2)16-19-14-11(15(23)20-16)10-18-22(14)3/h10,12-13H,4-9H2,1-3H3,(H,19,20,23)/t12-,13-/m0/s1. The van der Waals surface area contributed by atoms with E-state index >= 15 is 0 Å². The Morgan fingerprint density at radius 2 is 2.21 bits per heavy atom. The molecule has 7 heteroatoms. The zero-order chi connectivity index (χ0) is 16.9. The maximum Gasteiger partial charge on any atom is 0.263 e. The van der Waals surface area contributed by atoms with Crippen molar-refractivity contribution < 1.29 is 4.74 Å². The zero-order valence-electron chi connectivity index (χ0n) is 14.6. The Bertz CT molecular complexity index is 805. The molecule has 2 aromatic rings. The molecule has 0 aliphatic heterocycles. The van der Waals surface area contributed by atoms with Crippen molar-refractivity contribution >= 4 is 17.0 Å². The third-order valence-corrected chi connectivity index (χ3v) is 6.04. The molecule has 2 aromatic heterocycles. The highest BCUT2D eigenvalue weighted by atomic mass is 16.5. The van der Waals surface area contributed by atoms with Crippen molar-refractivity contribution in [3.8, 4) is 0 Å². The van der Waals surface area contributed by atoms with Gasteiger partial charge in [0.25, 0.3) is 5.56 Å². The first-order chi connectivity index (χ1) is 11.6. The zero-order valence-corrected chi connectivity index (χ0v) is 14.6. The molecule has 2 heterocycles. The van der Waals surface area contributed by atoms with Crippen molar-refractivity contribution in [2.24, 2.45) is 12.5 Å². The summed E-state index contributed by atoms with van der Waals surface area (Å²) in [7, 11) is 3.85. The molecule has 0 bridgehead atoms. The van der Waals surface area contributed by atoms with Gasteiger partial charge in [-0.3, -0.25) is 14.5 Å². The van der Waals surface area contributed by atoms with Crippen LogP contribution in [0, 0.1) is 5.41 Å². The van der Waals surface area contributed by atoms with Gasteiger partial charge in [0.15, 0.2) is 5.65 Å². The molecule has 1 N–H and O–H groups in total. The van der Waals surface area contributed by atoms with Crippen LogP contribution in [-0.2, 0) is 11.8 Å². The second kappa shape index (κ2) is 5.58. The lowest BCUT2D eigenvalue weighted by atomic mass is 9.60. The molecule has 2 saturated carbocycles. The van der Waals surface area contributed by atoms with Gasteiger partial charge in [-0.05, 0) is 26.2 Å². The number of fused-ring (bicyclic) bond motifs is 1. The lowest BCUT2D eigenvalue weighted by Gasteiger charge is -2.57. The second-order valence-corrected chi connectivity index (χ2v) is 7.14. The van der Waals surface area contributed by atoms with E-state index in [-0.39, 0.29) is 11.0 Å². The third kappa shape index (κ3) is 2.10. The summed E-state index contributed by atoms with van der Waals surface area (Å²) in [6, 6.07) is 0.366. The molecule has 0 unspecified atom stereocenters. The van der Waals surface area contributed by atoms with Gasteiger partial charge < -0.3 is 9.64 Å². The number of H-pyrrole nitrogens is 1. The first-order valence-electron chi connectivity index (χ1n) is 8.83. The minimum absolute atomic E-state index is 0.129. The average Bonchev–Trinajstić information content (AvgIpc) is 3.20. The minimum Gasteiger partial charge on any atom is -0.378 e. The number of hydrogen-bond donors (Lipinski definition) is 1. The fourth-order valence-electron chi connectivity index (χ4n) is 4.73. The number of nitrogens with one attached hydrogen (secondary N) is 1. The SMILES string of the molecule is CCO[C@H]1C[C@H](N(C)c2nc3c(cnn3C)c(=O)[nH]2)C12CCCC2. The molecule has 0 amide bonds. The van der Waals surface area contributed by atoms with Crippen LogP contribution in [0.15, 0.2) is 11.0 Å². The molecule has 2 aliphatic carbocycles. The summed E-state index contributed by atoms with van der Waals surface area (Å²) < 4.78 is 7.65. The molecule has 1 spiro atoms. The molecule has 24 heavy (non-hydrogen) atoms. The summed E-state index contributed by atoms with van der Waals surface area (Å²) in [6.07, 6.45) is 7.83. The van der Waals surface area contributed by atoms with E-state index in [2.05, 4.69) is 26.9 Å². The average molecular weight is 331 g/mol. The topological polar surface area (TPSA) is 76.0 Å². The molecular formula is C17H25N5O2. The number of anilines is 1. The van der Waals surface area contributed by atoms with Crippen LogP contribution in [0.3, 0.4) is 0 Å². The predicted molar refractivity (Wildman–Crippen MR) is 92.3 cm³/mol. The molecule has 2 atom stereocenters. The summed E-state index contributed by atoms with van der Waals surface area (Å²) in [5.74, 6) is 0.627. The highest BCUT2D eigenvalue weighted by molar-refractivity contribution is 5.74. The Labute approximate surface area is 141 Å². The summed E-state index contributed by atoms with van der Waals surface area (Å²) in [4.78, 5) is 22.1. The molecule has 0 aromatic carbocycles. The van der Waals surface area contributed by atoms with Gasteiger partial charge in [-0.2, -0.15) is 10.1 Å². The largest absolute Gasteiger partial charge is 0.378 e. The van der Waals surface area contributed by atoms with Crippen molar-refractivity contribution in [2.45, 2.75) is 51.2 Å². The van der Waals surface area contributed by atoms with Crippen molar-refractivity contribution in [3.05, 3.63) is 16.6 Å².